The monoisotopic (exact) mass is 580 g/mol. The molecule has 0 aromatic heterocycles. The molecule has 0 spiro atoms. The fraction of sp³-hybridized carbons (Fsp3) is 0.270. The number of rotatable bonds is 16. The Labute approximate surface area is 254 Å². The van der Waals surface area contributed by atoms with Crippen LogP contribution in [0.3, 0.4) is 0 Å². The first-order valence-corrected chi connectivity index (χ1v) is 14.7. The molecule has 0 radical (unpaired) electrons. The molecule has 0 amide bonds. The Kier molecular flexibility index (Phi) is 12.2. The Balaban J connectivity index is 1.40. The lowest BCUT2D eigenvalue weighted by molar-refractivity contribution is -0.156. The third kappa shape index (κ3) is 10.3. The summed E-state index contributed by atoms with van der Waals surface area (Å²) in [6.07, 6.45) is 1.87. The number of carbonyl (C=O) groups is 1. The van der Waals surface area contributed by atoms with E-state index in [4.69, 9.17) is 23.7 Å². The molecule has 0 aliphatic rings. The molecule has 0 saturated heterocycles. The van der Waals surface area contributed by atoms with Gasteiger partial charge in [0.2, 0.25) is 0 Å². The summed E-state index contributed by atoms with van der Waals surface area (Å²) in [6.45, 7) is 7.81. The van der Waals surface area contributed by atoms with E-state index in [1.54, 1.807) is 6.92 Å². The Morgan fingerprint density at radius 3 is 1.79 bits per heavy atom. The lowest BCUT2D eigenvalue weighted by atomic mass is 10.1. The zero-order valence-corrected chi connectivity index (χ0v) is 25.2. The molecule has 4 rings (SSSR count). The SMILES string of the molecule is CCOC(=O)[C@H](Cc1ccc(OC/C=C(/C)c2cc(OCc3ccccc3)cc(OCc3ccccc3)c2)cc1)OCC. The van der Waals surface area contributed by atoms with Crippen molar-refractivity contribution in [1.82, 2.24) is 0 Å². The zero-order chi connectivity index (χ0) is 30.3. The molecule has 0 aliphatic heterocycles. The summed E-state index contributed by atoms with van der Waals surface area (Å²) in [4.78, 5) is 12.2. The summed E-state index contributed by atoms with van der Waals surface area (Å²) in [7, 11) is 0. The fourth-order valence-electron chi connectivity index (χ4n) is 4.41. The first-order chi connectivity index (χ1) is 21.0. The molecular formula is C37H40O6. The van der Waals surface area contributed by atoms with Gasteiger partial charge in [0.25, 0.3) is 0 Å². The van der Waals surface area contributed by atoms with Gasteiger partial charge in [0.1, 0.15) is 37.1 Å². The summed E-state index contributed by atoms with van der Waals surface area (Å²) >= 11 is 0. The van der Waals surface area contributed by atoms with Gasteiger partial charge in [-0.25, -0.2) is 4.79 Å². The van der Waals surface area contributed by atoms with E-state index in [1.807, 2.05) is 123 Å². The van der Waals surface area contributed by atoms with E-state index < -0.39 is 6.10 Å². The maximum atomic E-state index is 12.2. The molecule has 43 heavy (non-hydrogen) atoms. The molecule has 0 heterocycles. The number of ether oxygens (including phenoxy) is 5. The molecule has 224 valence electrons. The number of allylic oxidation sites excluding steroid dienone is 1. The smallest absolute Gasteiger partial charge is 0.335 e. The van der Waals surface area contributed by atoms with Crippen molar-refractivity contribution < 1.29 is 28.5 Å². The summed E-state index contributed by atoms with van der Waals surface area (Å²) in [5.41, 5.74) is 5.20. The fourth-order valence-corrected chi connectivity index (χ4v) is 4.41. The van der Waals surface area contributed by atoms with Crippen molar-refractivity contribution in [3.8, 4) is 17.2 Å². The number of benzene rings is 4. The van der Waals surface area contributed by atoms with E-state index in [9.17, 15) is 4.79 Å². The highest BCUT2D eigenvalue weighted by atomic mass is 16.6. The average Bonchev–Trinajstić information content (AvgIpc) is 3.04. The van der Waals surface area contributed by atoms with Gasteiger partial charge in [0, 0.05) is 19.1 Å². The van der Waals surface area contributed by atoms with Gasteiger partial charge in [-0.15, -0.1) is 0 Å². The Morgan fingerprint density at radius 1 is 0.674 bits per heavy atom. The highest BCUT2D eigenvalue weighted by molar-refractivity contribution is 5.75. The highest BCUT2D eigenvalue weighted by Crippen LogP contribution is 2.29. The van der Waals surface area contributed by atoms with Crippen molar-refractivity contribution in [1.29, 1.82) is 0 Å². The van der Waals surface area contributed by atoms with Crippen LogP contribution in [0.2, 0.25) is 0 Å². The van der Waals surface area contributed by atoms with E-state index in [0.29, 0.717) is 39.5 Å². The number of esters is 1. The minimum absolute atomic E-state index is 0.329. The maximum Gasteiger partial charge on any atom is 0.335 e. The van der Waals surface area contributed by atoms with Crippen LogP contribution in [-0.4, -0.2) is 31.9 Å². The van der Waals surface area contributed by atoms with Gasteiger partial charge in [-0.3, -0.25) is 0 Å². The van der Waals surface area contributed by atoms with Gasteiger partial charge in [-0.1, -0.05) is 72.8 Å². The van der Waals surface area contributed by atoms with Crippen LogP contribution in [0.5, 0.6) is 17.2 Å². The molecule has 0 bridgehead atoms. The Morgan fingerprint density at radius 2 is 1.26 bits per heavy atom. The number of hydrogen-bond donors (Lipinski definition) is 0. The predicted octanol–water partition coefficient (Wildman–Crippen LogP) is 7.84. The van der Waals surface area contributed by atoms with Gasteiger partial charge in [-0.2, -0.15) is 0 Å². The minimum Gasteiger partial charge on any atom is -0.490 e. The molecule has 4 aromatic rings. The van der Waals surface area contributed by atoms with E-state index in [-0.39, 0.29) is 5.97 Å². The first kappa shape index (κ1) is 31.4. The minimum atomic E-state index is -0.615. The average molecular weight is 581 g/mol. The second-order valence-corrected chi connectivity index (χ2v) is 9.98. The second-order valence-electron chi connectivity index (χ2n) is 9.98. The summed E-state index contributed by atoms with van der Waals surface area (Å²) in [5.74, 6) is 1.88. The van der Waals surface area contributed by atoms with E-state index >= 15 is 0 Å². The highest BCUT2D eigenvalue weighted by Gasteiger charge is 2.20. The normalized spacial score (nSPS) is 11.9. The van der Waals surface area contributed by atoms with Gasteiger partial charge < -0.3 is 23.7 Å². The van der Waals surface area contributed by atoms with Crippen molar-refractivity contribution in [3.05, 3.63) is 131 Å². The molecule has 4 aromatic carbocycles. The topological polar surface area (TPSA) is 63.2 Å². The van der Waals surface area contributed by atoms with Crippen LogP contribution in [0.4, 0.5) is 0 Å². The quantitative estimate of drug-likeness (QED) is 0.126. The van der Waals surface area contributed by atoms with Gasteiger partial charge >= 0.3 is 5.97 Å². The second kappa shape index (κ2) is 16.8. The van der Waals surface area contributed by atoms with Gasteiger partial charge in [0.15, 0.2) is 6.10 Å². The van der Waals surface area contributed by atoms with Crippen LogP contribution in [-0.2, 0) is 33.9 Å². The Bertz CT molecular complexity index is 1370. The lowest BCUT2D eigenvalue weighted by Gasteiger charge is -2.15. The van der Waals surface area contributed by atoms with Crippen molar-refractivity contribution >= 4 is 11.5 Å². The molecule has 6 nitrogen and oxygen atoms in total. The van der Waals surface area contributed by atoms with Crippen LogP contribution >= 0.6 is 0 Å². The van der Waals surface area contributed by atoms with Crippen LogP contribution < -0.4 is 14.2 Å². The molecule has 0 unspecified atom stereocenters. The van der Waals surface area contributed by atoms with Crippen LogP contribution in [0, 0.1) is 0 Å². The molecule has 6 heteroatoms. The van der Waals surface area contributed by atoms with Crippen molar-refractivity contribution in [2.24, 2.45) is 0 Å². The van der Waals surface area contributed by atoms with Gasteiger partial charge in [0.05, 0.1) is 6.61 Å². The predicted molar refractivity (Wildman–Crippen MR) is 169 cm³/mol. The Hall–Kier alpha value is -4.55. The molecule has 0 saturated carbocycles. The number of carbonyl (C=O) groups excluding carboxylic acids is 1. The lowest BCUT2D eigenvalue weighted by Crippen LogP contribution is -2.28. The van der Waals surface area contributed by atoms with Gasteiger partial charge in [-0.05, 0) is 78.9 Å². The third-order valence-electron chi connectivity index (χ3n) is 6.73. The third-order valence-corrected chi connectivity index (χ3v) is 6.73. The first-order valence-electron chi connectivity index (χ1n) is 14.7. The summed E-state index contributed by atoms with van der Waals surface area (Å²) in [6, 6.07) is 33.9. The molecule has 0 N–H and O–H groups in total. The zero-order valence-electron chi connectivity index (χ0n) is 25.2. The van der Waals surface area contributed by atoms with E-state index in [0.717, 1.165) is 45.1 Å². The molecule has 0 fully saturated rings. The summed E-state index contributed by atoms with van der Waals surface area (Å²) < 4.78 is 29.0. The van der Waals surface area contributed by atoms with Crippen molar-refractivity contribution in [3.63, 3.8) is 0 Å². The largest absolute Gasteiger partial charge is 0.490 e. The molecule has 0 aliphatic carbocycles. The standard InChI is InChI=1S/C37H40O6/c1-4-39-36(37(38)40-5-2)22-29-16-18-33(19-17-29)41-21-20-28(3)32-23-34(42-26-30-12-8-6-9-13-30)25-35(24-32)43-27-31-14-10-7-11-15-31/h6-20,23-25,36H,4-5,21-22,26-27H2,1-3H3/b28-20-/t36-/m0/s1. The van der Waals surface area contributed by atoms with Crippen LogP contribution in [0.15, 0.2) is 109 Å². The summed E-state index contributed by atoms with van der Waals surface area (Å²) in [5, 5.41) is 0. The van der Waals surface area contributed by atoms with E-state index in [1.165, 1.54) is 0 Å². The van der Waals surface area contributed by atoms with Crippen LogP contribution in [0.1, 0.15) is 43.0 Å². The molecule has 1 atom stereocenters. The van der Waals surface area contributed by atoms with Crippen LogP contribution in [0.25, 0.3) is 5.57 Å². The van der Waals surface area contributed by atoms with E-state index in [2.05, 4.69) is 0 Å². The maximum absolute atomic E-state index is 12.2. The van der Waals surface area contributed by atoms with Crippen molar-refractivity contribution in [2.45, 2.75) is 46.5 Å². The van der Waals surface area contributed by atoms with Crippen molar-refractivity contribution in [2.75, 3.05) is 19.8 Å². The number of hydrogen-bond acceptors (Lipinski definition) is 6. The molecular weight excluding hydrogens is 540 g/mol.